The van der Waals surface area contributed by atoms with Crippen LogP contribution in [0.2, 0.25) is 0 Å². The lowest BCUT2D eigenvalue weighted by atomic mass is 9.77. The Hall–Kier alpha value is -0.120. The molecule has 2 bridgehead atoms. The third kappa shape index (κ3) is 2.51. The van der Waals surface area contributed by atoms with Crippen LogP contribution in [0.5, 0.6) is 0 Å². The van der Waals surface area contributed by atoms with Gasteiger partial charge in [0.1, 0.15) is 0 Å². The normalized spacial score (nSPS) is 37.1. The van der Waals surface area contributed by atoms with Gasteiger partial charge in [-0.15, -0.1) is 0 Å². The van der Waals surface area contributed by atoms with Crippen molar-refractivity contribution < 1.29 is 0 Å². The molecule has 0 aliphatic carbocycles. The Kier molecular flexibility index (Phi) is 4.11. The van der Waals surface area contributed by atoms with Gasteiger partial charge in [0.15, 0.2) is 0 Å². The van der Waals surface area contributed by atoms with Gasteiger partial charge in [0.2, 0.25) is 0 Å². The highest BCUT2D eigenvalue weighted by Crippen LogP contribution is 2.38. The van der Waals surface area contributed by atoms with E-state index in [1.165, 1.54) is 45.4 Å². The summed E-state index contributed by atoms with van der Waals surface area (Å²) in [4.78, 5) is 5.19. The Morgan fingerprint density at radius 2 is 2.18 bits per heavy atom. The molecule has 0 radical (unpaired) electrons. The molecule has 0 aromatic rings. The van der Waals surface area contributed by atoms with Gasteiger partial charge in [0.25, 0.3) is 0 Å². The van der Waals surface area contributed by atoms with Crippen molar-refractivity contribution in [2.75, 3.05) is 39.8 Å². The molecular formula is C14H29N3. The maximum Gasteiger partial charge on any atom is 0.0381 e. The molecule has 2 aliphatic heterocycles. The Labute approximate surface area is 106 Å². The molecule has 2 N–H and O–H groups in total. The van der Waals surface area contributed by atoms with Crippen molar-refractivity contribution in [3.8, 4) is 0 Å². The Morgan fingerprint density at radius 3 is 2.82 bits per heavy atom. The van der Waals surface area contributed by atoms with Crippen LogP contribution in [0.1, 0.15) is 33.1 Å². The Morgan fingerprint density at radius 1 is 1.41 bits per heavy atom. The molecule has 2 fully saturated rings. The summed E-state index contributed by atoms with van der Waals surface area (Å²) >= 11 is 0. The molecule has 0 saturated carbocycles. The van der Waals surface area contributed by atoms with Gasteiger partial charge in [0, 0.05) is 18.6 Å². The van der Waals surface area contributed by atoms with Gasteiger partial charge in [-0.25, -0.2) is 0 Å². The quantitative estimate of drug-likeness (QED) is 0.787. The zero-order chi connectivity index (χ0) is 12.5. The van der Waals surface area contributed by atoms with Crippen LogP contribution in [0.15, 0.2) is 0 Å². The molecule has 3 atom stereocenters. The number of nitrogens with zero attached hydrogens (tertiary/aromatic N) is 2. The van der Waals surface area contributed by atoms with Crippen molar-refractivity contribution in [2.24, 2.45) is 17.6 Å². The van der Waals surface area contributed by atoms with E-state index in [0.29, 0.717) is 5.54 Å². The van der Waals surface area contributed by atoms with Crippen molar-refractivity contribution >= 4 is 0 Å². The molecule has 0 spiro atoms. The van der Waals surface area contributed by atoms with Gasteiger partial charge < -0.3 is 10.6 Å². The molecule has 17 heavy (non-hydrogen) atoms. The van der Waals surface area contributed by atoms with E-state index >= 15 is 0 Å². The van der Waals surface area contributed by atoms with Crippen LogP contribution in [0, 0.1) is 11.8 Å². The molecule has 2 saturated heterocycles. The van der Waals surface area contributed by atoms with Crippen LogP contribution >= 0.6 is 0 Å². The second-order valence-electron chi connectivity index (χ2n) is 6.45. The van der Waals surface area contributed by atoms with Crippen molar-refractivity contribution in [3.63, 3.8) is 0 Å². The number of likely N-dealkylation sites (N-methyl/N-ethyl adjacent to an activating group) is 1. The zero-order valence-electron chi connectivity index (χ0n) is 11.8. The first-order valence-electron chi connectivity index (χ1n) is 7.22. The van der Waals surface area contributed by atoms with E-state index in [1.807, 2.05) is 0 Å². The van der Waals surface area contributed by atoms with Crippen LogP contribution in [0.25, 0.3) is 0 Å². The number of fused-ring (bicyclic) bond motifs is 2. The average Bonchev–Trinajstić information content (AvgIpc) is 2.71. The van der Waals surface area contributed by atoms with E-state index in [4.69, 9.17) is 5.73 Å². The smallest absolute Gasteiger partial charge is 0.0381 e. The van der Waals surface area contributed by atoms with Gasteiger partial charge >= 0.3 is 0 Å². The number of rotatable bonds is 5. The van der Waals surface area contributed by atoms with Gasteiger partial charge in [-0.3, -0.25) is 4.90 Å². The van der Waals surface area contributed by atoms with Crippen LogP contribution in [0.3, 0.4) is 0 Å². The lowest BCUT2D eigenvalue weighted by Gasteiger charge is -2.49. The fraction of sp³-hybridized carbons (Fsp3) is 1.00. The van der Waals surface area contributed by atoms with Gasteiger partial charge in [-0.2, -0.15) is 0 Å². The van der Waals surface area contributed by atoms with Crippen molar-refractivity contribution in [1.82, 2.24) is 9.80 Å². The summed E-state index contributed by atoms with van der Waals surface area (Å²) in [5.74, 6) is 1.59. The monoisotopic (exact) mass is 239 g/mol. The molecule has 0 amide bonds. The van der Waals surface area contributed by atoms with E-state index in [9.17, 15) is 0 Å². The third-order valence-corrected chi connectivity index (χ3v) is 5.05. The maximum atomic E-state index is 6.17. The first-order valence-corrected chi connectivity index (χ1v) is 7.22. The highest BCUT2D eigenvalue weighted by molar-refractivity contribution is 5.04. The van der Waals surface area contributed by atoms with Crippen LogP contribution in [-0.2, 0) is 0 Å². The molecule has 2 aliphatic rings. The fourth-order valence-corrected chi connectivity index (χ4v) is 3.63. The van der Waals surface area contributed by atoms with Crippen molar-refractivity contribution in [1.29, 1.82) is 0 Å². The summed E-state index contributed by atoms with van der Waals surface area (Å²) in [5.41, 5.74) is 6.46. The Balaban J connectivity index is 2.02. The summed E-state index contributed by atoms with van der Waals surface area (Å²) in [6.45, 7) is 10.5. The SMILES string of the molecule is CC(C)CCN(C)C1(CN)CCN2CCC1C2. The van der Waals surface area contributed by atoms with Crippen molar-refractivity contribution in [3.05, 3.63) is 0 Å². The van der Waals surface area contributed by atoms with E-state index in [0.717, 1.165) is 18.4 Å². The summed E-state index contributed by atoms with van der Waals surface area (Å²) in [5, 5.41) is 0. The predicted octanol–water partition coefficient (Wildman–Crippen LogP) is 1.39. The largest absolute Gasteiger partial charge is 0.329 e. The van der Waals surface area contributed by atoms with E-state index in [-0.39, 0.29) is 0 Å². The topological polar surface area (TPSA) is 32.5 Å². The first-order chi connectivity index (χ1) is 8.08. The minimum absolute atomic E-state index is 0.294. The summed E-state index contributed by atoms with van der Waals surface area (Å²) in [6, 6.07) is 0. The van der Waals surface area contributed by atoms with Gasteiger partial charge in [-0.1, -0.05) is 13.8 Å². The molecular weight excluding hydrogens is 210 g/mol. The van der Waals surface area contributed by atoms with E-state index < -0.39 is 0 Å². The van der Waals surface area contributed by atoms with Crippen LogP contribution < -0.4 is 5.73 Å². The Bertz CT molecular complexity index is 254. The number of piperidine rings is 1. The maximum absolute atomic E-state index is 6.17. The number of hydrogen-bond donors (Lipinski definition) is 1. The lowest BCUT2D eigenvalue weighted by Crippen LogP contribution is -2.61. The number of hydrogen-bond acceptors (Lipinski definition) is 3. The second-order valence-corrected chi connectivity index (χ2v) is 6.45. The predicted molar refractivity (Wildman–Crippen MR) is 73.0 cm³/mol. The summed E-state index contributed by atoms with van der Waals surface area (Å²) in [7, 11) is 2.29. The van der Waals surface area contributed by atoms with Crippen molar-refractivity contribution in [2.45, 2.75) is 38.6 Å². The standard InChI is InChI=1S/C14H29N3/c1-12(2)4-7-16(3)14(11-15)6-9-17-8-5-13(14)10-17/h12-13H,4-11,15H2,1-3H3. The lowest BCUT2D eigenvalue weighted by molar-refractivity contribution is 0.0241. The minimum atomic E-state index is 0.294. The minimum Gasteiger partial charge on any atom is -0.329 e. The second kappa shape index (κ2) is 5.25. The molecule has 3 unspecified atom stereocenters. The first kappa shape index (κ1) is 13.3. The van der Waals surface area contributed by atoms with Gasteiger partial charge in [0.05, 0.1) is 0 Å². The average molecular weight is 239 g/mol. The molecule has 3 nitrogen and oxygen atoms in total. The molecule has 2 heterocycles. The van der Waals surface area contributed by atoms with Crippen LogP contribution in [0.4, 0.5) is 0 Å². The van der Waals surface area contributed by atoms with E-state index in [1.54, 1.807) is 0 Å². The third-order valence-electron chi connectivity index (χ3n) is 5.05. The van der Waals surface area contributed by atoms with Crippen LogP contribution in [-0.4, -0.2) is 55.1 Å². The summed E-state index contributed by atoms with van der Waals surface area (Å²) in [6.07, 6.45) is 3.90. The van der Waals surface area contributed by atoms with E-state index in [2.05, 4.69) is 30.7 Å². The number of nitrogens with two attached hydrogens (primary N) is 1. The molecule has 0 aromatic heterocycles. The molecule has 0 aromatic carbocycles. The molecule has 2 rings (SSSR count). The zero-order valence-corrected chi connectivity index (χ0v) is 11.8. The molecule has 3 heteroatoms. The summed E-state index contributed by atoms with van der Waals surface area (Å²) < 4.78 is 0. The highest BCUT2D eigenvalue weighted by atomic mass is 15.3. The van der Waals surface area contributed by atoms with Gasteiger partial charge in [-0.05, 0) is 57.8 Å². The highest BCUT2D eigenvalue weighted by Gasteiger charge is 2.47. The molecule has 100 valence electrons. The fourth-order valence-electron chi connectivity index (χ4n) is 3.63.